The van der Waals surface area contributed by atoms with Gasteiger partial charge < -0.3 is 9.57 Å². The van der Waals surface area contributed by atoms with Crippen molar-refractivity contribution >= 4 is 5.95 Å². The normalized spacial score (nSPS) is 26.9. The average Bonchev–Trinajstić information content (AvgIpc) is 3.08. The summed E-state index contributed by atoms with van der Waals surface area (Å²) in [7, 11) is 1.91. The van der Waals surface area contributed by atoms with Gasteiger partial charge in [-0.25, -0.2) is 14.4 Å². The number of alkyl halides is 1. The zero-order valence-electron chi connectivity index (χ0n) is 11.9. The van der Waals surface area contributed by atoms with Crippen LogP contribution in [0.25, 0.3) is 0 Å². The summed E-state index contributed by atoms with van der Waals surface area (Å²) >= 11 is 0. The van der Waals surface area contributed by atoms with Crippen LogP contribution in [0.4, 0.5) is 10.3 Å². The van der Waals surface area contributed by atoms with Crippen LogP contribution in [0.2, 0.25) is 0 Å². The molecule has 1 aromatic heterocycles. The van der Waals surface area contributed by atoms with E-state index >= 15 is 0 Å². The maximum Gasteiger partial charge on any atom is 0.250 e. The van der Waals surface area contributed by atoms with Crippen LogP contribution in [0.5, 0.6) is 5.88 Å². The number of likely N-dealkylation sites (tertiary alicyclic amines) is 1. The van der Waals surface area contributed by atoms with Crippen LogP contribution in [0.1, 0.15) is 13.3 Å². The lowest BCUT2D eigenvalue weighted by atomic mass is 10.1. The maximum absolute atomic E-state index is 13.4. The van der Waals surface area contributed by atoms with Crippen LogP contribution in [0.3, 0.4) is 0 Å². The van der Waals surface area contributed by atoms with Crippen molar-refractivity contribution in [2.24, 2.45) is 0 Å². The third kappa shape index (κ3) is 3.06. The van der Waals surface area contributed by atoms with E-state index in [2.05, 4.69) is 15.6 Å². The Kier molecular flexibility index (Phi) is 3.89. The third-order valence-electron chi connectivity index (χ3n) is 3.66. The lowest BCUT2D eigenvalue weighted by molar-refractivity contribution is 0.116. The van der Waals surface area contributed by atoms with Crippen LogP contribution >= 0.6 is 0 Å². The highest BCUT2D eigenvalue weighted by Gasteiger charge is 2.34. The molecule has 1 N–H and O–H groups in total. The minimum Gasteiger partial charge on any atom is -0.473 e. The molecule has 0 aromatic carbocycles. The Balaban J connectivity index is 1.67. The summed E-state index contributed by atoms with van der Waals surface area (Å²) in [5.74, 6) is 0.863. The molecule has 0 spiro atoms. The van der Waals surface area contributed by atoms with Gasteiger partial charge in [0.1, 0.15) is 18.5 Å². The van der Waals surface area contributed by atoms with E-state index in [9.17, 15) is 4.39 Å². The van der Waals surface area contributed by atoms with Crippen molar-refractivity contribution in [3.8, 4) is 5.88 Å². The zero-order valence-corrected chi connectivity index (χ0v) is 11.9. The predicted octanol–water partition coefficient (Wildman–Crippen LogP) is 1.01. The first-order valence-corrected chi connectivity index (χ1v) is 6.84. The lowest BCUT2D eigenvalue weighted by Crippen LogP contribution is -2.38. The molecule has 7 nitrogen and oxygen atoms in total. The fourth-order valence-corrected chi connectivity index (χ4v) is 2.61. The number of rotatable bonds is 4. The quantitative estimate of drug-likeness (QED) is 0.889. The van der Waals surface area contributed by atoms with Gasteiger partial charge in [0, 0.05) is 24.8 Å². The number of hydrazine groups is 1. The summed E-state index contributed by atoms with van der Waals surface area (Å²) < 4.78 is 19.3. The Labute approximate surface area is 122 Å². The molecule has 0 unspecified atom stereocenters. The second kappa shape index (κ2) is 5.82. The van der Waals surface area contributed by atoms with Crippen LogP contribution in [0.15, 0.2) is 24.7 Å². The standard InChI is InChI=1S/C13H18FN5O2/c1-9(11-7-10(14)8-18(11)2)21-12-3-4-15-13(16-12)19-5-6-20-17-19/h3-6,9-11,17H,7-8H2,1-2H3/t9-,10+,11-/m0/s1. The molecule has 0 radical (unpaired) electrons. The van der Waals surface area contributed by atoms with Crippen molar-refractivity contribution in [1.82, 2.24) is 20.5 Å². The van der Waals surface area contributed by atoms with Gasteiger partial charge in [-0.2, -0.15) is 4.98 Å². The van der Waals surface area contributed by atoms with E-state index in [1.54, 1.807) is 18.5 Å². The molecule has 1 saturated heterocycles. The van der Waals surface area contributed by atoms with E-state index in [-0.39, 0.29) is 12.1 Å². The molecule has 1 fully saturated rings. The highest BCUT2D eigenvalue weighted by Crippen LogP contribution is 2.24. The summed E-state index contributed by atoms with van der Waals surface area (Å²) in [5.41, 5.74) is 2.61. The molecule has 0 saturated carbocycles. The van der Waals surface area contributed by atoms with E-state index < -0.39 is 6.17 Å². The Morgan fingerprint density at radius 2 is 2.43 bits per heavy atom. The van der Waals surface area contributed by atoms with Crippen LogP contribution in [-0.4, -0.2) is 46.8 Å². The highest BCUT2D eigenvalue weighted by molar-refractivity contribution is 5.34. The Bertz CT molecular complexity index is 529. The van der Waals surface area contributed by atoms with Crippen LogP contribution in [-0.2, 0) is 4.84 Å². The van der Waals surface area contributed by atoms with Crippen molar-refractivity contribution in [2.45, 2.75) is 31.7 Å². The number of hydrogen-bond acceptors (Lipinski definition) is 7. The van der Waals surface area contributed by atoms with Gasteiger partial charge in [-0.3, -0.25) is 4.90 Å². The first-order valence-electron chi connectivity index (χ1n) is 6.84. The minimum absolute atomic E-state index is 0.0477. The first-order chi connectivity index (χ1) is 10.1. The van der Waals surface area contributed by atoms with E-state index in [4.69, 9.17) is 9.57 Å². The highest BCUT2D eigenvalue weighted by atomic mass is 19.1. The topological polar surface area (TPSA) is 62.8 Å². The van der Waals surface area contributed by atoms with E-state index in [1.807, 2.05) is 18.9 Å². The lowest BCUT2D eigenvalue weighted by Gasteiger charge is -2.26. The summed E-state index contributed by atoms with van der Waals surface area (Å²) in [6.45, 7) is 2.38. The number of ether oxygens (including phenoxy) is 1. The van der Waals surface area contributed by atoms with E-state index in [0.717, 1.165) is 0 Å². The fraction of sp³-hybridized carbons (Fsp3) is 0.538. The molecule has 21 heavy (non-hydrogen) atoms. The molecular formula is C13H18FN5O2. The second-order valence-electron chi connectivity index (χ2n) is 5.22. The van der Waals surface area contributed by atoms with Gasteiger partial charge in [0.15, 0.2) is 0 Å². The largest absolute Gasteiger partial charge is 0.473 e. The number of halogens is 1. The number of nitrogens with one attached hydrogen (secondary N) is 1. The first kappa shape index (κ1) is 14.0. The number of anilines is 1. The Hall–Kier alpha value is -1.93. The molecular weight excluding hydrogens is 277 g/mol. The van der Waals surface area contributed by atoms with Gasteiger partial charge in [-0.05, 0) is 20.4 Å². The summed E-state index contributed by atoms with van der Waals surface area (Å²) in [5, 5.41) is 1.52. The molecule has 1 aromatic rings. The molecule has 2 aliphatic heterocycles. The molecule has 114 valence electrons. The summed E-state index contributed by atoms with van der Waals surface area (Å²) in [4.78, 5) is 15.3. The predicted molar refractivity (Wildman–Crippen MR) is 73.9 cm³/mol. The summed E-state index contributed by atoms with van der Waals surface area (Å²) in [6, 6.07) is 1.73. The Morgan fingerprint density at radius 1 is 1.57 bits per heavy atom. The monoisotopic (exact) mass is 295 g/mol. The number of aromatic nitrogens is 2. The molecule has 0 aliphatic carbocycles. The number of likely N-dealkylation sites (N-methyl/N-ethyl adjacent to an activating group) is 1. The van der Waals surface area contributed by atoms with Crippen molar-refractivity contribution in [3.05, 3.63) is 24.7 Å². The van der Waals surface area contributed by atoms with Gasteiger partial charge in [-0.15, -0.1) is 0 Å². The summed E-state index contributed by atoms with van der Waals surface area (Å²) in [6.07, 6.45) is 4.28. The van der Waals surface area contributed by atoms with E-state index in [1.165, 1.54) is 11.3 Å². The molecule has 3 heterocycles. The van der Waals surface area contributed by atoms with Gasteiger partial charge in [0.2, 0.25) is 11.8 Å². The van der Waals surface area contributed by atoms with Gasteiger partial charge in [0.25, 0.3) is 0 Å². The molecule has 0 bridgehead atoms. The van der Waals surface area contributed by atoms with Crippen molar-refractivity contribution in [3.63, 3.8) is 0 Å². The molecule has 3 rings (SSSR count). The van der Waals surface area contributed by atoms with Crippen molar-refractivity contribution in [1.29, 1.82) is 0 Å². The minimum atomic E-state index is -0.789. The van der Waals surface area contributed by atoms with Gasteiger partial charge >= 0.3 is 0 Å². The molecule has 3 atom stereocenters. The smallest absolute Gasteiger partial charge is 0.250 e. The number of nitrogens with zero attached hydrogens (tertiary/aromatic N) is 4. The second-order valence-corrected chi connectivity index (χ2v) is 5.22. The molecule has 2 aliphatic rings. The average molecular weight is 295 g/mol. The molecule has 0 amide bonds. The van der Waals surface area contributed by atoms with Crippen LogP contribution in [0, 0.1) is 0 Å². The van der Waals surface area contributed by atoms with Gasteiger partial charge in [-0.1, -0.05) is 5.59 Å². The molecule has 8 heteroatoms. The fourth-order valence-electron chi connectivity index (χ4n) is 2.61. The third-order valence-corrected chi connectivity index (χ3v) is 3.66. The van der Waals surface area contributed by atoms with E-state index in [0.29, 0.717) is 24.8 Å². The number of hydrogen-bond donors (Lipinski definition) is 1. The van der Waals surface area contributed by atoms with Crippen molar-refractivity contribution in [2.75, 3.05) is 18.6 Å². The Morgan fingerprint density at radius 3 is 3.10 bits per heavy atom. The SMILES string of the molecule is C[C@H](Oc1ccnc(N2C=CON2)n1)[C@@H]1C[C@@H](F)CN1C. The van der Waals surface area contributed by atoms with Crippen LogP contribution < -0.4 is 15.3 Å². The van der Waals surface area contributed by atoms with Gasteiger partial charge in [0.05, 0.1) is 6.20 Å². The zero-order chi connectivity index (χ0) is 14.8. The van der Waals surface area contributed by atoms with Crippen molar-refractivity contribution < 1.29 is 14.0 Å². The maximum atomic E-state index is 13.4.